The number of rotatable bonds is 8. The summed E-state index contributed by atoms with van der Waals surface area (Å²) in [5.41, 5.74) is 0. The Kier molecular flexibility index (Phi) is 7.18. The number of morpholine rings is 1. The van der Waals surface area contributed by atoms with Gasteiger partial charge in [0.1, 0.15) is 11.6 Å². The van der Waals surface area contributed by atoms with Crippen LogP contribution in [0.5, 0.6) is 0 Å². The van der Waals surface area contributed by atoms with Gasteiger partial charge < -0.3 is 24.0 Å². The van der Waals surface area contributed by atoms with Gasteiger partial charge in [0.05, 0.1) is 39.6 Å². The van der Waals surface area contributed by atoms with E-state index in [0.29, 0.717) is 19.1 Å². The SMILES string of the molecule is Cn1c(CN2CCOCC2)nnc1[C@H]1CCCN(CCOCCO)C1. The number of nitrogens with zero attached hydrogens (tertiary/aromatic N) is 5. The van der Waals surface area contributed by atoms with Gasteiger partial charge in [-0.15, -0.1) is 10.2 Å². The zero-order valence-electron chi connectivity index (χ0n) is 15.3. The minimum absolute atomic E-state index is 0.0908. The van der Waals surface area contributed by atoms with Crippen LogP contribution in [-0.4, -0.2) is 95.4 Å². The third-order valence-corrected chi connectivity index (χ3v) is 5.13. The molecule has 2 fully saturated rings. The smallest absolute Gasteiger partial charge is 0.146 e. The fraction of sp³-hybridized carbons (Fsp3) is 0.882. The molecule has 0 spiro atoms. The summed E-state index contributed by atoms with van der Waals surface area (Å²) < 4.78 is 13.0. The monoisotopic (exact) mass is 353 g/mol. The van der Waals surface area contributed by atoms with Crippen LogP contribution >= 0.6 is 0 Å². The van der Waals surface area contributed by atoms with Gasteiger partial charge in [-0.3, -0.25) is 4.90 Å². The van der Waals surface area contributed by atoms with Crippen LogP contribution in [0.25, 0.3) is 0 Å². The summed E-state index contributed by atoms with van der Waals surface area (Å²) in [5, 5.41) is 17.7. The van der Waals surface area contributed by atoms with Crippen LogP contribution in [0.4, 0.5) is 0 Å². The number of aromatic nitrogens is 3. The Labute approximate surface area is 149 Å². The first-order valence-electron chi connectivity index (χ1n) is 9.37. The standard InChI is InChI=1S/C17H31N5O3/c1-20-16(14-22-6-9-24-10-7-22)18-19-17(20)15-3-2-4-21(13-15)5-11-25-12-8-23/h15,23H,2-14H2,1H3/t15-/m0/s1. The fourth-order valence-corrected chi connectivity index (χ4v) is 3.66. The second kappa shape index (κ2) is 9.59. The van der Waals surface area contributed by atoms with Crippen molar-refractivity contribution in [1.29, 1.82) is 0 Å². The number of hydrogen-bond donors (Lipinski definition) is 1. The third kappa shape index (κ3) is 5.21. The fourth-order valence-electron chi connectivity index (χ4n) is 3.66. The van der Waals surface area contributed by atoms with E-state index < -0.39 is 0 Å². The van der Waals surface area contributed by atoms with Crippen molar-refractivity contribution in [2.24, 2.45) is 7.05 Å². The van der Waals surface area contributed by atoms with E-state index in [4.69, 9.17) is 14.6 Å². The van der Waals surface area contributed by atoms with Crippen LogP contribution in [0, 0.1) is 0 Å². The summed E-state index contributed by atoms with van der Waals surface area (Å²) >= 11 is 0. The van der Waals surface area contributed by atoms with Crippen molar-refractivity contribution in [3.8, 4) is 0 Å². The van der Waals surface area contributed by atoms with Gasteiger partial charge in [0.15, 0.2) is 0 Å². The first-order chi connectivity index (χ1) is 12.3. The molecule has 1 aromatic heterocycles. The van der Waals surface area contributed by atoms with Crippen molar-refractivity contribution >= 4 is 0 Å². The van der Waals surface area contributed by atoms with E-state index in [9.17, 15) is 0 Å². The van der Waals surface area contributed by atoms with E-state index in [-0.39, 0.29) is 6.61 Å². The molecule has 8 nitrogen and oxygen atoms in total. The normalized spacial score (nSPS) is 23.2. The Morgan fingerprint density at radius 2 is 2.00 bits per heavy atom. The lowest BCUT2D eigenvalue weighted by Crippen LogP contribution is -2.38. The molecule has 3 rings (SSSR count). The van der Waals surface area contributed by atoms with Gasteiger partial charge in [0.25, 0.3) is 0 Å². The molecule has 0 saturated carbocycles. The molecule has 142 valence electrons. The Morgan fingerprint density at radius 1 is 1.16 bits per heavy atom. The Morgan fingerprint density at radius 3 is 2.80 bits per heavy atom. The molecule has 1 N–H and O–H groups in total. The number of aliphatic hydroxyl groups is 1. The van der Waals surface area contributed by atoms with E-state index in [1.54, 1.807) is 0 Å². The highest BCUT2D eigenvalue weighted by Gasteiger charge is 2.26. The van der Waals surface area contributed by atoms with E-state index in [2.05, 4.69) is 31.6 Å². The molecule has 1 atom stereocenters. The Balaban J connectivity index is 1.53. The van der Waals surface area contributed by atoms with Crippen molar-refractivity contribution in [1.82, 2.24) is 24.6 Å². The third-order valence-electron chi connectivity index (χ3n) is 5.13. The van der Waals surface area contributed by atoms with Crippen molar-refractivity contribution in [2.75, 3.05) is 65.8 Å². The summed E-state index contributed by atoms with van der Waals surface area (Å²) in [4.78, 5) is 4.81. The highest BCUT2D eigenvalue weighted by atomic mass is 16.5. The van der Waals surface area contributed by atoms with E-state index in [1.165, 1.54) is 6.42 Å². The first kappa shape index (κ1) is 18.7. The minimum Gasteiger partial charge on any atom is -0.394 e. The predicted octanol–water partition coefficient (Wildman–Crippen LogP) is -0.164. The first-order valence-corrected chi connectivity index (χ1v) is 9.37. The molecule has 0 bridgehead atoms. The highest BCUT2D eigenvalue weighted by Crippen LogP contribution is 2.25. The Hall–Kier alpha value is -1.06. The van der Waals surface area contributed by atoms with Crippen LogP contribution < -0.4 is 0 Å². The summed E-state index contributed by atoms with van der Waals surface area (Å²) in [6.45, 7) is 8.60. The molecule has 2 aliphatic rings. The zero-order chi connectivity index (χ0) is 17.5. The molecular weight excluding hydrogens is 322 g/mol. The van der Waals surface area contributed by atoms with Crippen LogP contribution in [0.15, 0.2) is 0 Å². The van der Waals surface area contributed by atoms with Gasteiger partial charge >= 0.3 is 0 Å². The molecule has 8 heteroatoms. The van der Waals surface area contributed by atoms with Crippen LogP contribution in [-0.2, 0) is 23.1 Å². The highest BCUT2D eigenvalue weighted by molar-refractivity contribution is 5.04. The minimum atomic E-state index is 0.0908. The average Bonchev–Trinajstić information content (AvgIpc) is 3.00. The molecule has 0 amide bonds. The molecule has 0 unspecified atom stereocenters. The number of hydrogen-bond acceptors (Lipinski definition) is 7. The molecule has 1 aromatic rings. The molecular formula is C17H31N5O3. The second-order valence-electron chi connectivity index (χ2n) is 6.90. The van der Waals surface area contributed by atoms with Crippen molar-refractivity contribution in [2.45, 2.75) is 25.3 Å². The summed E-state index contributed by atoms with van der Waals surface area (Å²) in [6, 6.07) is 0. The number of aliphatic hydroxyl groups excluding tert-OH is 1. The maximum absolute atomic E-state index is 8.78. The molecule has 25 heavy (non-hydrogen) atoms. The van der Waals surface area contributed by atoms with Gasteiger partial charge in [-0.1, -0.05) is 0 Å². The number of ether oxygens (including phenoxy) is 2. The molecule has 0 aromatic carbocycles. The van der Waals surface area contributed by atoms with Crippen LogP contribution in [0.1, 0.15) is 30.4 Å². The lowest BCUT2D eigenvalue weighted by Gasteiger charge is -2.32. The van der Waals surface area contributed by atoms with Gasteiger partial charge in [0, 0.05) is 39.1 Å². The van der Waals surface area contributed by atoms with E-state index in [1.807, 2.05) is 0 Å². The van der Waals surface area contributed by atoms with Crippen molar-refractivity contribution in [3.05, 3.63) is 11.6 Å². The molecule has 2 saturated heterocycles. The van der Waals surface area contributed by atoms with Crippen molar-refractivity contribution in [3.63, 3.8) is 0 Å². The average molecular weight is 353 g/mol. The van der Waals surface area contributed by atoms with Gasteiger partial charge in [-0.25, -0.2) is 0 Å². The zero-order valence-corrected chi connectivity index (χ0v) is 15.3. The maximum Gasteiger partial charge on any atom is 0.146 e. The molecule has 0 aliphatic carbocycles. The largest absolute Gasteiger partial charge is 0.394 e. The summed E-state index contributed by atoms with van der Waals surface area (Å²) in [7, 11) is 2.09. The van der Waals surface area contributed by atoms with Crippen LogP contribution in [0.3, 0.4) is 0 Å². The van der Waals surface area contributed by atoms with E-state index >= 15 is 0 Å². The molecule has 3 heterocycles. The number of piperidine rings is 1. The van der Waals surface area contributed by atoms with Gasteiger partial charge in [-0.2, -0.15) is 0 Å². The lowest BCUT2D eigenvalue weighted by atomic mass is 9.97. The van der Waals surface area contributed by atoms with Crippen LogP contribution in [0.2, 0.25) is 0 Å². The maximum atomic E-state index is 8.78. The predicted molar refractivity (Wildman–Crippen MR) is 93.4 cm³/mol. The van der Waals surface area contributed by atoms with Gasteiger partial charge in [0.2, 0.25) is 0 Å². The van der Waals surface area contributed by atoms with E-state index in [0.717, 1.165) is 70.6 Å². The summed E-state index contributed by atoms with van der Waals surface area (Å²) in [6.07, 6.45) is 2.34. The number of likely N-dealkylation sites (tertiary alicyclic amines) is 1. The second-order valence-corrected chi connectivity index (χ2v) is 6.90. The molecule has 0 radical (unpaired) electrons. The lowest BCUT2D eigenvalue weighted by molar-refractivity contribution is 0.0326. The quantitative estimate of drug-likeness (QED) is 0.651. The van der Waals surface area contributed by atoms with Gasteiger partial charge in [-0.05, 0) is 19.4 Å². The van der Waals surface area contributed by atoms with Crippen molar-refractivity contribution < 1.29 is 14.6 Å². The summed E-state index contributed by atoms with van der Waals surface area (Å²) in [5.74, 6) is 2.58. The topological polar surface area (TPSA) is 75.9 Å². The molecule has 2 aliphatic heterocycles. The Bertz CT molecular complexity index is 518.